The van der Waals surface area contributed by atoms with Crippen LogP contribution in [0.5, 0.6) is 0 Å². The maximum absolute atomic E-state index is 6.15. The van der Waals surface area contributed by atoms with Crippen molar-refractivity contribution in [2.45, 2.75) is 26.3 Å². The van der Waals surface area contributed by atoms with Crippen molar-refractivity contribution in [1.82, 2.24) is 0 Å². The predicted octanol–water partition coefficient (Wildman–Crippen LogP) is 4.26. The first-order valence-corrected chi connectivity index (χ1v) is 6.35. The average Bonchev–Trinajstić information content (AvgIpc) is 2.15. The molecule has 2 N–H and O–H groups in total. The number of hydrogen-bond donors (Lipinski definition) is 1. The summed E-state index contributed by atoms with van der Waals surface area (Å²) in [5, 5.41) is 0. The van der Waals surface area contributed by atoms with Crippen molar-refractivity contribution >= 4 is 31.9 Å². The van der Waals surface area contributed by atoms with Crippen molar-refractivity contribution < 1.29 is 0 Å². The summed E-state index contributed by atoms with van der Waals surface area (Å²) in [5.41, 5.74) is 7.34. The number of benzene rings is 1. The fourth-order valence-electron chi connectivity index (χ4n) is 1.33. The maximum atomic E-state index is 6.15. The van der Waals surface area contributed by atoms with Gasteiger partial charge in [0.15, 0.2) is 0 Å². The van der Waals surface area contributed by atoms with Crippen LogP contribution in [0.25, 0.3) is 0 Å². The van der Waals surface area contributed by atoms with E-state index in [2.05, 4.69) is 51.8 Å². The Balaban J connectivity index is 2.95. The monoisotopic (exact) mass is 319 g/mol. The molecule has 1 aromatic carbocycles. The van der Waals surface area contributed by atoms with Crippen LogP contribution in [0.2, 0.25) is 0 Å². The Morgan fingerprint density at radius 1 is 1.36 bits per heavy atom. The lowest BCUT2D eigenvalue weighted by Crippen LogP contribution is -2.18. The van der Waals surface area contributed by atoms with E-state index < -0.39 is 0 Å². The van der Waals surface area contributed by atoms with Crippen molar-refractivity contribution in [1.29, 1.82) is 0 Å². The topological polar surface area (TPSA) is 26.0 Å². The molecule has 0 aliphatic heterocycles. The molecule has 0 aliphatic rings. The van der Waals surface area contributed by atoms with E-state index in [0.717, 1.165) is 15.4 Å². The van der Waals surface area contributed by atoms with Gasteiger partial charge in [-0.1, -0.05) is 58.2 Å². The second kappa shape index (κ2) is 5.29. The molecule has 0 bridgehead atoms. The first kappa shape index (κ1) is 12.2. The summed E-state index contributed by atoms with van der Waals surface area (Å²) < 4.78 is 2.16. The molecular formula is C11H15Br2N. The van der Waals surface area contributed by atoms with Gasteiger partial charge in [-0.25, -0.2) is 0 Å². The van der Waals surface area contributed by atoms with Crippen molar-refractivity contribution in [3.8, 4) is 0 Å². The normalized spacial score (nSPS) is 15.2. The lowest BCUT2D eigenvalue weighted by molar-refractivity contribution is 0.455. The first-order chi connectivity index (χ1) is 6.56. The molecule has 3 heteroatoms. The Morgan fingerprint density at radius 2 is 2.00 bits per heavy atom. The quantitative estimate of drug-likeness (QED) is 0.884. The second-order valence-electron chi connectivity index (χ2n) is 3.58. The molecule has 0 radical (unpaired) electrons. The molecule has 1 aromatic rings. The smallest absolute Gasteiger partial charge is 0.0332 e. The first-order valence-electron chi connectivity index (χ1n) is 4.76. The van der Waals surface area contributed by atoms with Crippen LogP contribution in [0, 0.1) is 5.92 Å². The molecule has 0 saturated carbocycles. The third kappa shape index (κ3) is 2.81. The van der Waals surface area contributed by atoms with Crippen LogP contribution in [-0.2, 0) is 0 Å². The molecule has 1 nitrogen and oxygen atoms in total. The van der Waals surface area contributed by atoms with Gasteiger partial charge in [-0.3, -0.25) is 0 Å². The summed E-state index contributed by atoms with van der Waals surface area (Å²) in [6, 6.07) is 6.26. The van der Waals surface area contributed by atoms with Crippen LogP contribution >= 0.6 is 31.9 Å². The molecule has 2 unspecified atom stereocenters. The van der Waals surface area contributed by atoms with Gasteiger partial charge in [0.25, 0.3) is 0 Å². The lowest BCUT2D eigenvalue weighted by Gasteiger charge is -2.20. The van der Waals surface area contributed by atoms with Crippen molar-refractivity contribution in [3.63, 3.8) is 0 Å². The summed E-state index contributed by atoms with van der Waals surface area (Å²) in [4.78, 5) is 0. The van der Waals surface area contributed by atoms with E-state index in [-0.39, 0.29) is 6.04 Å². The summed E-state index contributed by atoms with van der Waals surface area (Å²) in [5.74, 6) is 0.507. The molecule has 78 valence electrons. The van der Waals surface area contributed by atoms with Crippen LogP contribution in [0.4, 0.5) is 0 Å². The molecule has 1 rings (SSSR count). The van der Waals surface area contributed by atoms with Crippen LogP contribution in [0.1, 0.15) is 31.9 Å². The van der Waals surface area contributed by atoms with Gasteiger partial charge in [-0.15, -0.1) is 0 Å². The number of halogens is 2. The van der Waals surface area contributed by atoms with Gasteiger partial charge in [-0.05, 0) is 23.6 Å². The van der Waals surface area contributed by atoms with Gasteiger partial charge in [0.2, 0.25) is 0 Å². The van der Waals surface area contributed by atoms with Gasteiger partial charge in [0.05, 0.1) is 0 Å². The van der Waals surface area contributed by atoms with Crippen molar-refractivity contribution in [3.05, 3.63) is 32.7 Å². The van der Waals surface area contributed by atoms with E-state index in [1.165, 1.54) is 5.56 Å². The van der Waals surface area contributed by atoms with Gasteiger partial charge in [-0.2, -0.15) is 0 Å². The van der Waals surface area contributed by atoms with Crippen molar-refractivity contribution in [2.75, 3.05) is 0 Å². The zero-order valence-electron chi connectivity index (χ0n) is 8.43. The van der Waals surface area contributed by atoms with E-state index >= 15 is 0 Å². The summed E-state index contributed by atoms with van der Waals surface area (Å²) in [7, 11) is 0. The van der Waals surface area contributed by atoms with Gasteiger partial charge < -0.3 is 5.73 Å². The minimum absolute atomic E-state index is 0.113. The molecule has 0 heterocycles. The Labute approximate surface area is 102 Å². The molecule has 0 saturated heterocycles. The molecule has 0 aliphatic carbocycles. The molecule has 0 fully saturated rings. The highest BCUT2D eigenvalue weighted by atomic mass is 79.9. The van der Waals surface area contributed by atoms with Crippen LogP contribution in [-0.4, -0.2) is 0 Å². The molecule has 2 atom stereocenters. The van der Waals surface area contributed by atoms with Crippen molar-refractivity contribution in [2.24, 2.45) is 11.7 Å². The molecule has 14 heavy (non-hydrogen) atoms. The summed E-state index contributed by atoms with van der Waals surface area (Å²) in [6.07, 6.45) is 1.10. The molecule has 0 amide bonds. The molecule has 0 spiro atoms. The largest absolute Gasteiger partial charge is 0.324 e. The highest BCUT2D eigenvalue weighted by Gasteiger charge is 2.15. The van der Waals surface area contributed by atoms with Crippen LogP contribution < -0.4 is 5.73 Å². The van der Waals surface area contributed by atoms with E-state index in [4.69, 9.17) is 5.73 Å². The third-order valence-corrected chi connectivity index (χ3v) is 3.76. The van der Waals surface area contributed by atoms with Gasteiger partial charge in [0, 0.05) is 15.0 Å². The SMILES string of the molecule is CCC(C)C(N)c1ccc(Br)cc1Br. The zero-order valence-corrected chi connectivity index (χ0v) is 11.6. The number of rotatable bonds is 3. The fourth-order valence-corrected chi connectivity index (χ4v) is 2.64. The average molecular weight is 321 g/mol. The summed E-state index contributed by atoms with van der Waals surface area (Å²) in [6.45, 7) is 4.34. The van der Waals surface area contributed by atoms with Gasteiger partial charge >= 0.3 is 0 Å². The number of hydrogen-bond acceptors (Lipinski definition) is 1. The zero-order chi connectivity index (χ0) is 10.7. The predicted molar refractivity (Wildman–Crippen MR) is 68.2 cm³/mol. The van der Waals surface area contributed by atoms with Crippen LogP contribution in [0.15, 0.2) is 27.1 Å². The minimum atomic E-state index is 0.113. The van der Waals surface area contributed by atoms with E-state index in [0.29, 0.717) is 5.92 Å². The van der Waals surface area contributed by atoms with Gasteiger partial charge in [0.1, 0.15) is 0 Å². The third-order valence-electron chi connectivity index (χ3n) is 2.58. The Kier molecular flexibility index (Phi) is 4.61. The Bertz CT molecular complexity index is 312. The standard InChI is InChI=1S/C11H15Br2N/c1-3-7(2)11(14)9-5-4-8(12)6-10(9)13/h4-7,11H,3,14H2,1-2H3. The lowest BCUT2D eigenvalue weighted by atomic mass is 9.93. The molecule has 0 aromatic heterocycles. The van der Waals surface area contributed by atoms with E-state index in [1.54, 1.807) is 0 Å². The Hall–Kier alpha value is 0.140. The minimum Gasteiger partial charge on any atom is -0.324 e. The van der Waals surface area contributed by atoms with E-state index in [1.807, 2.05) is 12.1 Å². The fraction of sp³-hybridized carbons (Fsp3) is 0.455. The summed E-state index contributed by atoms with van der Waals surface area (Å²) >= 11 is 6.96. The van der Waals surface area contributed by atoms with E-state index in [9.17, 15) is 0 Å². The maximum Gasteiger partial charge on any atom is 0.0332 e. The molecular weight excluding hydrogens is 306 g/mol. The van der Waals surface area contributed by atoms with Crippen LogP contribution in [0.3, 0.4) is 0 Å². The highest BCUT2D eigenvalue weighted by molar-refractivity contribution is 9.11. The highest BCUT2D eigenvalue weighted by Crippen LogP contribution is 2.30. The Morgan fingerprint density at radius 3 is 2.50 bits per heavy atom. The number of nitrogens with two attached hydrogens (primary N) is 1. The second-order valence-corrected chi connectivity index (χ2v) is 5.35.